The lowest BCUT2D eigenvalue weighted by atomic mass is 10.1. The highest BCUT2D eigenvalue weighted by Crippen LogP contribution is 2.19. The SMILES string of the molecule is CC(C)(Oc1ccc(C=O)cc1)C(=O)N/N=C/c1ccc(O)cc1.Cc1ccc(Cl)cc1. The van der Waals surface area contributed by atoms with E-state index in [4.69, 9.17) is 16.3 Å². The lowest BCUT2D eigenvalue weighted by Gasteiger charge is -2.24. The van der Waals surface area contributed by atoms with Crippen molar-refractivity contribution in [3.8, 4) is 11.5 Å². The molecule has 2 N–H and O–H groups in total. The second-order valence-corrected chi connectivity index (χ2v) is 7.82. The second kappa shape index (κ2) is 11.7. The summed E-state index contributed by atoms with van der Waals surface area (Å²) < 4.78 is 5.65. The molecule has 166 valence electrons. The molecule has 0 atom stereocenters. The van der Waals surface area contributed by atoms with Crippen LogP contribution in [0.4, 0.5) is 0 Å². The third-order valence-corrected chi connectivity index (χ3v) is 4.47. The number of phenols is 1. The van der Waals surface area contributed by atoms with E-state index in [-0.39, 0.29) is 5.75 Å². The maximum absolute atomic E-state index is 12.2. The van der Waals surface area contributed by atoms with Gasteiger partial charge in [0, 0.05) is 10.6 Å². The van der Waals surface area contributed by atoms with Crippen LogP contribution in [0.15, 0.2) is 77.9 Å². The third-order valence-electron chi connectivity index (χ3n) is 4.22. The molecule has 3 aromatic carbocycles. The number of carbonyl (C=O) groups excluding carboxylic acids is 2. The number of amides is 1. The van der Waals surface area contributed by atoms with Crippen LogP contribution in [-0.2, 0) is 4.79 Å². The van der Waals surface area contributed by atoms with Gasteiger partial charge in [0.2, 0.25) is 0 Å². The van der Waals surface area contributed by atoms with Gasteiger partial charge in [0.1, 0.15) is 17.8 Å². The Kier molecular flexibility index (Phi) is 8.98. The molecule has 0 aromatic heterocycles. The van der Waals surface area contributed by atoms with Crippen molar-refractivity contribution in [3.63, 3.8) is 0 Å². The first kappa shape index (κ1) is 24.6. The molecule has 0 saturated heterocycles. The number of phenolic OH excluding ortho intramolecular Hbond substituents is 1. The highest BCUT2D eigenvalue weighted by atomic mass is 35.5. The number of hydrazone groups is 1. The molecule has 0 unspecified atom stereocenters. The average Bonchev–Trinajstić information content (AvgIpc) is 2.78. The van der Waals surface area contributed by atoms with E-state index in [1.807, 2.05) is 31.2 Å². The van der Waals surface area contributed by atoms with Crippen LogP contribution in [0.2, 0.25) is 5.02 Å². The summed E-state index contributed by atoms with van der Waals surface area (Å²) in [4.78, 5) is 22.8. The highest BCUT2D eigenvalue weighted by molar-refractivity contribution is 6.30. The summed E-state index contributed by atoms with van der Waals surface area (Å²) in [6.45, 7) is 5.27. The van der Waals surface area contributed by atoms with Gasteiger partial charge in [0.05, 0.1) is 6.21 Å². The van der Waals surface area contributed by atoms with Gasteiger partial charge in [-0.15, -0.1) is 0 Å². The van der Waals surface area contributed by atoms with Gasteiger partial charge in [-0.1, -0.05) is 29.3 Å². The fourth-order valence-electron chi connectivity index (χ4n) is 2.35. The van der Waals surface area contributed by atoms with Crippen LogP contribution < -0.4 is 10.2 Å². The number of aromatic hydroxyl groups is 1. The van der Waals surface area contributed by atoms with Crippen molar-refractivity contribution >= 4 is 30.0 Å². The normalized spacial score (nSPS) is 10.8. The molecule has 3 aromatic rings. The van der Waals surface area contributed by atoms with Crippen molar-refractivity contribution < 1.29 is 19.4 Å². The molecule has 1 amide bonds. The first-order valence-electron chi connectivity index (χ1n) is 9.78. The van der Waals surface area contributed by atoms with Crippen LogP contribution in [0.1, 0.15) is 35.3 Å². The zero-order valence-electron chi connectivity index (χ0n) is 18.1. The Hall–Kier alpha value is -3.64. The molecule has 0 bridgehead atoms. The van der Waals surface area contributed by atoms with E-state index < -0.39 is 11.5 Å². The van der Waals surface area contributed by atoms with E-state index in [2.05, 4.69) is 10.5 Å². The van der Waals surface area contributed by atoms with Gasteiger partial charge >= 0.3 is 0 Å². The van der Waals surface area contributed by atoms with Gasteiger partial charge in [-0.3, -0.25) is 9.59 Å². The van der Waals surface area contributed by atoms with E-state index in [1.165, 1.54) is 23.9 Å². The van der Waals surface area contributed by atoms with E-state index >= 15 is 0 Å². The first-order valence-corrected chi connectivity index (χ1v) is 10.2. The van der Waals surface area contributed by atoms with Crippen LogP contribution in [-0.4, -0.2) is 29.1 Å². The number of halogens is 1. The smallest absolute Gasteiger partial charge is 0.283 e. The molecule has 32 heavy (non-hydrogen) atoms. The molecule has 0 aliphatic carbocycles. The molecule has 0 fully saturated rings. The van der Waals surface area contributed by atoms with Crippen LogP contribution in [0, 0.1) is 6.92 Å². The summed E-state index contributed by atoms with van der Waals surface area (Å²) in [5, 5.41) is 13.9. The predicted molar refractivity (Wildman–Crippen MR) is 127 cm³/mol. The van der Waals surface area contributed by atoms with E-state index in [0.717, 1.165) is 16.9 Å². The Morgan fingerprint density at radius 2 is 1.53 bits per heavy atom. The molecule has 7 heteroatoms. The number of rotatable bonds is 6. The predicted octanol–water partition coefficient (Wildman–Crippen LogP) is 5.16. The quantitative estimate of drug-likeness (QED) is 0.307. The Labute approximate surface area is 192 Å². The van der Waals surface area contributed by atoms with Gasteiger partial charge in [-0.05, 0) is 87.0 Å². The molecular weight excluding hydrogens is 428 g/mol. The monoisotopic (exact) mass is 452 g/mol. The largest absolute Gasteiger partial charge is 0.508 e. The molecule has 6 nitrogen and oxygen atoms in total. The lowest BCUT2D eigenvalue weighted by molar-refractivity contribution is -0.134. The first-order chi connectivity index (χ1) is 15.2. The zero-order valence-corrected chi connectivity index (χ0v) is 18.8. The summed E-state index contributed by atoms with van der Waals surface area (Å²) in [6.07, 6.45) is 2.20. The van der Waals surface area contributed by atoms with Gasteiger partial charge in [-0.25, -0.2) is 5.43 Å². The summed E-state index contributed by atoms with van der Waals surface area (Å²) in [7, 11) is 0. The second-order valence-electron chi connectivity index (χ2n) is 7.39. The molecular formula is C25H25ClN2O4. The number of hydrogen-bond donors (Lipinski definition) is 2. The minimum Gasteiger partial charge on any atom is -0.508 e. The molecule has 0 aliphatic heterocycles. The Bertz CT molecular complexity index is 1020. The highest BCUT2D eigenvalue weighted by Gasteiger charge is 2.29. The number of aryl methyl sites for hydroxylation is 1. The molecule has 0 aliphatic rings. The number of benzene rings is 3. The fourth-order valence-corrected chi connectivity index (χ4v) is 2.48. The van der Waals surface area contributed by atoms with Crippen molar-refractivity contribution in [2.45, 2.75) is 26.4 Å². The number of nitrogens with one attached hydrogen (secondary N) is 1. The fraction of sp³-hybridized carbons (Fsp3) is 0.160. The summed E-state index contributed by atoms with van der Waals surface area (Å²) in [5.41, 5.74) is 3.78. The lowest BCUT2D eigenvalue weighted by Crippen LogP contribution is -2.44. The standard InChI is InChI=1S/C18H18N2O4.C7H7Cl/c1-18(2,24-16-9-5-14(12-21)6-10-16)17(23)20-19-11-13-3-7-15(22)8-4-13;1-6-2-4-7(8)5-3-6/h3-12,22H,1-2H3,(H,20,23);2-5H,1H3/b19-11+;. The summed E-state index contributed by atoms with van der Waals surface area (Å²) in [6, 6.07) is 20.6. The number of nitrogens with zero attached hydrogens (tertiary/aromatic N) is 1. The van der Waals surface area contributed by atoms with Gasteiger partial charge in [0.25, 0.3) is 5.91 Å². The molecule has 0 heterocycles. The molecule has 3 rings (SSSR count). The maximum atomic E-state index is 12.2. The van der Waals surface area contributed by atoms with Gasteiger partial charge in [0.15, 0.2) is 5.60 Å². The Morgan fingerprint density at radius 3 is 2.06 bits per heavy atom. The Balaban J connectivity index is 0.000000380. The van der Waals surface area contributed by atoms with Crippen LogP contribution in [0.25, 0.3) is 0 Å². The van der Waals surface area contributed by atoms with Crippen LogP contribution >= 0.6 is 11.6 Å². The van der Waals surface area contributed by atoms with E-state index in [9.17, 15) is 14.7 Å². The molecule has 0 spiro atoms. The number of carbonyl (C=O) groups is 2. The van der Waals surface area contributed by atoms with Crippen LogP contribution in [0.3, 0.4) is 0 Å². The molecule has 0 saturated carbocycles. The number of ether oxygens (including phenoxy) is 1. The number of aldehydes is 1. The topological polar surface area (TPSA) is 88.0 Å². The maximum Gasteiger partial charge on any atom is 0.283 e. The minimum absolute atomic E-state index is 0.159. The van der Waals surface area contributed by atoms with Crippen molar-refractivity contribution in [3.05, 3.63) is 94.5 Å². The average molecular weight is 453 g/mol. The minimum atomic E-state index is -1.14. The van der Waals surface area contributed by atoms with Crippen molar-refractivity contribution in [1.29, 1.82) is 0 Å². The summed E-state index contributed by atoms with van der Waals surface area (Å²) >= 11 is 5.61. The third kappa shape index (κ3) is 8.24. The zero-order chi connectivity index (χ0) is 23.6. The summed E-state index contributed by atoms with van der Waals surface area (Å²) in [5.74, 6) is 0.214. The van der Waals surface area contributed by atoms with Crippen LogP contribution in [0.5, 0.6) is 11.5 Å². The van der Waals surface area contributed by atoms with Gasteiger partial charge in [-0.2, -0.15) is 5.10 Å². The van der Waals surface area contributed by atoms with Crippen molar-refractivity contribution in [2.24, 2.45) is 5.10 Å². The van der Waals surface area contributed by atoms with Crippen molar-refractivity contribution in [2.75, 3.05) is 0 Å². The van der Waals surface area contributed by atoms with E-state index in [0.29, 0.717) is 11.3 Å². The Morgan fingerprint density at radius 1 is 0.969 bits per heavy atom. The molecule has 0 radical (unpaired) electrons. The van der Waals surface area contributed by atoms with Crippen molar-refractivity contribution in [1.82, 2.24) is 5.43 Å². The van der Waals surface area contributed by atoms with E-state index in [1.54, 1.807) is 50.2 Å². The number of hydrogen-bond acceptors (Lipinski definition) is 5. The van der Waals surface area contributed by atoms with Gasteiger partial charge < -0.3 is 9.84 Å².